The lowest BCUT2D eigenvalue weighted by Gasteiger charge is -2.07. The van der Waals surface area contributed by atoms with Gasteiger partial charge in [-0.1, -0.05) is 6.92 Å². The molecule has 1 aromatic heterocycles. The molecule has 4 nitrogen and oxygen atoms in total. The Labute approximate surface area is 90.8 Å². The van der Waals surface area contributed by atoms with E-state index >= 15 is 0 Å². The van der Waals surface area contributed by atoms with Crippen molar-refractivity contribution in [2.45, 2.75) is 20.1 Å². The normalized spacial score (nSPS) is 10.4. The van der Waals surface area contributed by atoms with Gasteiger partial charge in [0.25, 0.3) is 5.56 Å². The molecule has 2 N–H and O–H groups in total. The fourth-order valence-corrected chi connectivity index (χ4v) is 1.52. The van der Waals surface area contributed by atoms with E-state index in [1.54, 1.807) is 12.3 Å². The van der Waals surface area contributed by atoms with Crippen molar-refractivity contribution in [3.05, 3.63) is 27.1 Å². The van der Waals surface area contributed by atoms with Gasteiger partial charge in [0.05, 0.1) is 4.47 Å². The number of hydrogen-bond donors (Lipinski definition) is 1. The van der Waals surface area contributed by atoms with Crippen molar-refractivity contribution in [1.29, 1.82) is 0 Å². The minimum absolute atomic E-state index is 0.129. The number of aromatic nitrogens is 1. The average molecular weight is 261 g/mol. The molecule has 0 spiro atoms. The Hall–Kier alpha value is -0.810. The monoisotopic (exact) mass is 260 g/mol. The molecule has 0 aliphatic carbocycles. The molecule has 5 heteroatoms. The summed E-state index contributed by atoms with van der Waals surface area (Å²) >= 11 is 3.14. The van der Waals surface area contributed by atoms with Crippen molar-refractivity contribution >= 4 is 21.6 Å². The number of pyridine rings is 1. The van der Waals surface area contributed by atoms with Gasteiger partial charge in [0.2, 0.25) is 0 Å². The summed E-state index contributed by atoms with van der Waals surface area (Å²) in [6.07, 6.45) is 2.50. The van der Waals surface area contributed by atoms with Crippen LogP contribution in [0.4, 0.5) is 5.69 Å². The third-order valence-electron chi connectivity index (χ3n) is 1.64. The highest BCUT2D eigenvalue weighted by atomic mass is 79.9. The molecular formula is C9H13BrN2O2. The minimum Gasteiger partial charge on any atom is -0.398 e. The second kappa shape index (κ2) is 5.17. The second-order valence-corrected chi connectivity index (χ2v) is 3.79. The molecule has 0 aliphatic rings. The smallest absolute Gasteiger partial charge is 0.266 e. The van der Waals surface area contributed by atoms with Gasteiger partial charge in [-0.25, -0.2) is 0 Å². The molecule has 1 heterocycles. The zero-order chi connectivity index (χ0) is 10.6. The molecule has 0 saturated carbocycles. The maximum Gasteiger partial charge on any atom is 0.266 e. The van der Waals surface area contributed by atoms with Crippen LogP contribution in [0.15, 0.2) is 21.5 Å². The third kappa shape index (κ3) is 2.85. The molecule has 0 saturated heterocycles. The van der Waals surface area contributed by atoms with E-state index < -0.39 is 0 Å². The van der Waals surface area contributed by atoms with Crippen molar-refractivity contribution < 1.29 is 4.74 Å². The van der Waals surface area contributed by atoms with E-state index in [4.69, 9.17) is 10.5 Å². The topological polar surface area (TPSA) is 57.2 Å². The van der Waals surface area contributed by atoms with Crippen LogP contribution >= 0.6 is 15.9 Å². The number of anilines is 1. The summed E-state index contributed by atoms with van der Waals surface area (Å²) in [4.78, 5) is 11.5. The number of nitrogens with two attached hydrogens (primary N) is 1. The first-order valence-corrected chi connectivity index (χ1v) is 5.17. The van der Waals surface area contributed by atoms with Gasteiger partial charge in [0.1, 0.15) is 6.73 Å². The Morgan fingerprint density at radius 2 is 2.36 bits per heavy atom. The summed E-state index contributed by atoms with van der Waals surface area (Å²) in [5.74, 6) is 0. The quantitative estimate of drug-likeness (QED) is 0.837. The van der Waals surface area contributed by atoms with Gasteiger partial charge >= 0.3 is 0 Å². The Morgan fingerprint density at radius 1 is 1.64 bits per heavy atom. The number of nitrogens with zero attached hydrogens (tertiary/aromatic N) is 1. The van der Waals surface area contributed by atoms with Crippen LogP contribution in [0.5, 0.6) is 0 Å². The van der Waals surface area contributed by atoms with Gasteiger partial charge in [-0.3, -0.25) is 9.36 Å². The number of halogens is 1. The predicted octanol–water partition coefficient (Wildman–Crippen LogP) is 1.58. The summed E-state index contributed by atoms with van der Waals surface area (Å²) < 4.78 is 7.14. The molecule has 0 radical (unpaired) electrons. The molecule has 78 valence electrons. The van der Waals surface area contributed by atoms with E-state index in [9.17, 15) is 4.79 Å². The number of ether oxygens (including phenoxy) is 1. The predicted molar refractivity (Wildman–Crippen MR) is 59.1 cm³/mol. The Bertz CT molecular complexity index is 362. The van der Waals surface area contributed by atoms with E-state index in [0.29, 0.717) is 16.8 Å². The molecule has 1 aromatic rings. The SMILES string of the molecule is CCCOCn1cc(N)cc(Br)c1=O. The fourth-order valence-electron chi connectivity index (χ4n) is 1.02. The van der Waals surface area contributed by atoms with Crippen LogP contribution in [0.2, 0.25) is 0 Å². The zero-order valence-electron chi connectivity index (χ0n) is 8.00. The first-order chi connectivity index (χ1) is 6.65. The van der Waals surface area contributed by atoms with Gasteiger partial charge in [-0.05, 0) is 28.4 Å². The molecule has 0 atom stereocenters. The fraction of sp³-hybridized carbons (Fsp3) is 0.444. The molecule has 1 rings (SSSR count). The molecular weight excluding hydrogens is 248 g/mol. The largest absolute Gasteiger partial charge is 0.398 e. The number of rotatable bonds is 4. The molecule has 0 amide bonds. The summed E-state index contributed by atoms with van der Waals surface area (Å²) in [6, 6.07) is 1.58. The van der Waals surface area contributed by atoms with Gasteiger partial charge in [0.15, 0.2) is 0 Å². The van der Waals surface area contributed by atoms with Crippen LogP contribution < -0.4 is 11.3 Å². The maximum absolute atomic E-state index is 11.5. The zero-order valence-corrected chi connectivity index (χ0v) is 9.58. The Kier molecular flexibility index (Phi) is 4.16. The maximum atomic E-state index is 11.5. The summed E-state index contributed by atoms with van der Waals surface area (Å²) in [5.41, 5.74) is 6.00. The van der Waals surface area contributed by atoms with E-state index in [0.717, 1.165) is 6.42 Å². The number of nitrogen functional groups attached to an aromatic ring is 1. The molecule has 0 aliphatic heterocycles. The van der Waals surface area contributed by atoms with E-state index in [-0.39, 0.29) is 12.3 Å². The van der Waals surface area contributed by atoms with E-state index in [1.807, 2.05) is 6.92 Å². The van der Waals surface area contributed by atoms with Crippen LogP contribution in [0.25, 0.3) is 0 Å². The Morgan fingerprint density at radius 3 is 3.00 bits per heavy atom. The van der Waals surface area contributed by atoms with E-state index in [2.05, 4.69) is 15.9 Å². The third-order valence-corrected chi connectivity index (χ3v) is 2.21. The Balaban J connectivity index is 2.81. The first-order valence-electron chi connectivity index (χ1n) is 4.38. The standard InChI is InChI=1S/C9H13BrN2O2/c1-2-3-14-6-12-5-7(11)4-8(10)9(12)13/h4-5H,2-3,6,11H2,1H3. The second-order valence-electron chi connectivity index (χ2n) is 2.93. The minimum atomic E-state index is -0.129. The highest BCUT2D eigenvalue weighted by Gasteiger charge is 2.01. The van der Waals surface area contributed by atoms with Gasteiger partial charge < -0.3 is 10.5 Å². The van der Waals surface area contributed by atoms with Crippen molar-refractivity contribution in [3.63, 3.8) is 0 Å². The van der Waals surface area contributed by atoms with Crippen LogP contribution in [0.1, 0.15) is 13.3 Å². The van der Waals surface area contributed by atoms with Crippen molar-refractivity contribution in [1.82, 2.24) is 4.57 Å². The van der Waals surface area contributed by atoms with Crippen LogP contribution in [0, 0.1) is 0 Å². The van der Waals surface area contributed by atoms with Gasteiger partial charge in [-0.2, -0.15) is 0 Å². The van der Waals surface area contributed by atoms with Gasteiger partial charge in [0, 0.05) is 18.5 Å². The molecule has 0 bridgehead atoms. The molecule has 14 heavy (non-hydrogen) atoms. The summed E-state index contributed by atoms with van der Waals surface area (Å²) in [7, 11) is 0. The first kappa shape index (κ1) is 11.3. The summed E-state index contributed by atoms with van der Waals surface area (Å²) in [6.45, 7) is 2.90. The van der Waals surface area contributed by atoms with Crippen molar-refractivity contribution in [3.8, 4) is 0 Å². The highest BCUT2D eigenvalue weighted by molar-refractivity contribution is 9.10. The van der Waals surface area contributed by atoms with Crippen molar-refractivity contribution in [2.24, 2.45) is 0 Å². The lowest BCUT2D eigenvalue weighted by molar-refractivity contribution is 0.0752. The highest BCUT2D eigenvalue weighted by Crippen LogP contribution is 2.07. The lowest BCUT2D eigenvalue weighted by Crippen LogP contribution is -2.22. The van der Waals surface area contributed by atoms with Crippen LogP contribution in [-0.4, -0.2) is 11.2 Å². The summed E-state index contributed by atoms with van der Waals surface area (Å²) in [5, 5.41) is 0. The average Bonchev–Trinajstić information content (AvgIpc) is 2.13. The number of hydrogen-bond acceptors (Lipinski definition) is 3. The molecule has 0 fully saturated rings. The van der Waals surface area contributed by atoms with Gasteiger partial charge in [-0.15, -0.1) is 0 Å². The lowest BCUT2D eigenvalue weighted by atomic mass is 10.4. The molecule has 0 unspecified atom stereocenters. The van der Waals surface area contributed by atoms with Crippen molar-refractivity contribution in [2.75, 3.05) is 12.3 Å². The van der Waals surface area contributed by atoms with E-state index in [1.165, 1.54) is 4.57 Å². The molecule has 0 aromatic carbocycles. The van der Waals surface area contributed by atoms with Crippen LogP contribution in [-0.2, 0) is 11.5 Å². The van der Waals surface area contributed by atoms with Crippen LogP contribution in [0.3, 0.4) is 0 Å².